The van der Waals surface area contributed by atoms with Gasteiger partial charge in [0.2, 0.25) is 5.91 Å². The van der Waals surface area contributed by atoms with Crippen molar-refractivity contribution in [3.8, 4) is 0 Å². The van der Waals surface area contributed by atoms with Crippen LogP contribution in [0, 0.1) is 12.8 Å². The number of aromatic nitrogens is 3. The summed E-state index contributed by atoms with van der Waals surface area (Å²) in [5.41, 5.74) is 1.49. The fraction of sp³-hybridized carbons (Fsp3) is 0.429. The van der Waals surface area contributed by atoms with Crippen molar-refractivity contribution in [3.05, 3.63) is 33.2 Å². The van der Waals surface area contributed by atoms with Crippen LogP contribution in [-0.2, 0) is 17.8 Å². The van der Waals surface area contributed by atoms with Gasteiger partial charge < -0.3 is 5.32 Å². The average molecular weight is 336 g/mol. The zero-order chi connectivity index (χ0) is 15.7. The van der Waals surface area contributed by atoms with Crippen molar-refractivity contribution in [2.75, 3.05) is 11.1 Å². The number of amides is 1. The number of hydrogen-bond donors (Lipinski definition) is 1. The molecule has 0 saturated heterocycles. The van der Waals surface area contributed by atoms with Gasteiger partial charge in [-0.1, -0.05) is 18.7 Å². The smallest absolute Gasteiger partial charge is 0.257 e. The summed E-state index contributed by atoms with van der Waals surface area (Å²) in [6.07, 6.45) is 2.30. The molecule has 0 aromatic carbocycles. The van der Waals surface area contributed by atoms with E-state index in [1.54, 1.807) is 10.8 Å². The number of nitrogens with zero attached hydrogens (tertiary/aromatic N) is 3. The van der Waals surface area contributed by atoms with Gasteiger partial charge in [-0.05, 0) is 13.3 Å². The van der Waals surface area contributed by atoms with E-state index < -0.39 is 0 Å². The highest BCUT2D eigenvalue weighted by molar-refractivity contribution is 7.99. The molecule has 2 aromatic heterocycles. The predicted octanol–water partition coefficient (Wildman–Crippen LogP) is 1.93. The van der Waals surface area contributed by atoms with E-state index in [-0.39, 0.29) is 17.4 Å². The molecule has 1 N–H and O–H groups in total. The van der Waals surface area contributed by atoms with Crippen molar-refractivity contribution in [3.63, 3.8) is 0 Å². The minimum absolute atomic E-state index is 0.0238. The third kappa shape index (κ3) is 2.80. The van der Waals surface area contributed by atoms with Gasteiger partial charge in [0.25, 0.3) is 5.56 Å². The second kappa shape index (κ2) is 6.21. The second-order valence-corrected chi connectivity index (χ2v) is 6.94. The number of thiazole rings is 1. The van der Waals surface area contributed by atoms with Crippen molar-refractivity contribution < 1.29 is 4.79 Å². The number of thioether (sulfide) groups is 1. The molecular formula is C14H16N4O2S2. The minimum atomic E-state index is -0.256. The van der Waals surface area contributed by atoms with E-state index in [0.29, 0.717) is 29.0 Å². The molecule has 22 heavy (non-hydrogen) atoms. The topological polar surface area (TPSA) is 76.9 Å². The Bertz CT molecular complexity index is 755. The number of carbonyl (C=O) groups is 1. The summed E-state index contributed by atoms with van der Waals surface area (Å²) in [6, 6.07) is 0. The van der Waals surface area contributed by atoms with Crippen molar-refractivity contribution in [2.45, 2.75) is 32.0 Å². The van der Waals surface area contributed by atoms with Crippen LogP contribution in [-0.4, -0.2) is 26.2 Å². The molecule has 0 fully saturated rings. The molecular weight excluding hydrogens is 320 g/mol. The maximum Gasteiger partial charge on any atom is 0.257 e. The fourth-order valence-electron chi connectivity index (χ4n) is 2.45. The first kappa shape index (κ1) is 15.2. The van der Waals surface area contributed by atoms with Crippen molar-refractivity contribution in [1.82, 2.24) is 14.5 Å². The molecule has 0 aliphatic carbocycles. The van der Waals surface area contributed by atoms with Crippen molar-refractivity contribution in [2.24, 2.45) is 5.92 Å². The number of nitrogens with one attached hydrogen (secondary N) is 1. The predicted molar refractivity (Wildman–Crippen MR) is 87.6 cm³/mol. The third-order valence-electron chi connectivity index (χ3n) is 3.64. The molecule has 2 aromatic rings. The van der Waals surface area contributed by atoms with E-state index in [1.165, 1.54) is 23.1 Å². The number of carbonyl (C=O) groups excluding carboxylic acids is 1. The van der Waals surface area contributed by atoms with Gasteiger partial charge in [0, 0.05) is 35.1 Å². The Balaban J connectivity index is 1.84. The van der Waals surface area contributed by atoms with E-state index in [2.05, 4.69) is 15.3 Å². The Hall–Kier alpha value is -1.67. The lowest BCUT2D eigenvalue weighted by molar-refractivity contribution is -0.119. The van der Waals surface area contributed by atoms with Gasteiger partial charge in [0.1, 0.15) is 0 Å². The van der Waals surface area contributed by atoms with Crippen LogP contribution in [0.2, 0.25) is 0 Å². The molecule has 3 heterocycles. The average Bonchev–Trinajstić information content (AvgIpc) is 3.00. The number of rotatable bonds is 3. The van der Waals surface area contributed by atoms with Crippen LogP contribution in [0.3, 0.4) is 0 Å². The van der Waals surface area contributed by atoms with Gasteiger partial charge in [0.15, 0.2) is 10.3 Å². The Morgan fingerprint density at radius 3 is 3.05 bits per heavy atom. The first-order chi connectivity index (χ1) is 10.6. The highest BCUT2D eigenvalue weighted by atomic mass is 32.2. The molecule has 1 aliphatic heterocycles. The van der Waals surface area contributed by atoms with Gasteiger partial charge in [-0.2, -0.15) is 0 Å². The summed E-state index contributed by atoms with van der Waals surface area (Å²) in [5.74, 6) is 0.265. The summed E-state index contributed by atoms with van der Waals surface area (Å²) in [5, 5.41) is 5.91. The van der Waals surface area contributed by atoms with Gasteiger partial charge in [0.05, 0.1) is 5.92 Å². The minimum Gasteiger partial charge on any atom is -0.302 e. The number of aryl methyl sites for hydroxylation is 1. The van der Waals surface area contributed by atoms with E-state index in [4.69, 9.17) is 0 Å². The number of hydrogen-bond acceptors (Lipinski definition) is 6. The molecule has 0 unspecified atom stereocenters. The zero-order valence-corrected chi connectivity index (χ0v) is 14.0. The molecule has 116 valence electrons. The standard InChI is InChI=1S/C14H16N4O2S2/c1-3-10-8(2)16-14-18(12(10)20)6-9(7-22-14)11(19)17-13-15-4-5-21-13/h4-5,9H,3,6-7H2,1-2H3,(H,15,17,19)/t9-/m1/s1. The molecule has 1 amide bonds. The Kier molecular flexibility index (Phi) is 4.30. The highest BCUT2D eigenvalue weighted by Gasteiger charge is 2.28. The number of anilines is 1. The highest BCUT2D eigenvalue weighted by Crippen LogP contribution is 2.27. The second-order valence-electron chi connectivity index (χ2n) is 5.06. The lowest BCUT2D eigenvalue weighted by Crippen LogP contribution is -2.38. The Morgan fingerprint density at radius 2 is 2.36 bits per heavy atom. The molecule has 0 spiro atoms. The lowest BCUT2D eigenvalue weighted by atomic mass is 10.1. The maximum atomic E-state index is 12.5. The van der Waals surface area contributed by atoms with Crippen LogP contribution < -0.4 is 10.9 Å². The summed E-state index contributed by atoms with van der Waals surface area (Å²) in [7, 11) is 0. The molecule has 3 rings (SSSR count). The SMILES string of the molecule is CCc1c(C)nc2n(c1=O)C[C@@H](C(=O)Nc1nccs1)CS2. The van der Waals surface area contributed by atoms with Crippen LogP contribution in [0.1, 0.15) is 18.2 Å². The molecule has 8 heteroatoms. The Morgan fingerprint density at radius 1 is 1.55 bits per heavy atom. The molecule has 0 radical (unpaired) electrons. The molecule has 1 atom stereocenters. The largest absolute Gasteiger partial charge is 0.302 e. The van der Waals surface area contributed by atoms with Crippen molar-refractivity contribution in [1.29, 1.82) is 0 Å². The summed E-state index contributed by atoms with van der Waals surface area (Å²) < 4.78 is 1.63. The van der Waals surface area contributed by atoms with Gasteiger partial charge >= 0.3 is 0 Å². The van der Waals surface area contributed by atoms with Crippen LogP contribution in [0.5, 0.6) is 0 Å². The summed E-state index contributed by atoms with van der Waals surface area (Å²) in [4.78, 5) is 33.4. The third-order valence-corrected chi connectivity index (χ3v) is 5.47. The Labute approximate surface area is 136 Å². The molecule has 6 nitrogen and oxygen atoms in total. The maximum absolute atomic E-state index is 12.5. The molecule has 1 aliphatic rings. The van der Waals surface area contributed by atoms with Crippen LogP contribution >= 0.6 is 23.1 Å². The summed E-state index contributed by atoms with van der Waals surface area (Å²) >= 11 is 2.84. The quantitative estimate of drug-likeness (QED) is 0.867. The normalized spacial score (nSPS) is 17.1. The van der Waals surface area contributed by atoms with Crippen LogP contribution in [0.25, 0.3) is 0 Å². The van der Waals surface area contributed by atoms with Crippen LogP contribution in [0.4, 0.5) is 5.13 Å². The van der Waals surface area contributed by atoms with E-state index in [1.807, 2.05) is 19.2 Å². The summed E-state index contributed by atoms with van der Waals surface area (Å²) in [6.45, 7) is 4.18. The van der Waals surface area contributed by atoms with E-state index in [9.17, 15) is 9.59 Å². The van der Waals surface area contributed by atoms with Gasteiger partial charge in [-0.3, -0.25) is 14.2 Å². The van der Waals surface area contributed by atoms with E-state index >= 15 is 0 Å². The molecule has 0 bridgehead atoms. The van der Waals surface area contributed by atoms with Crippen LogP contribution in [0.15, 0.2) is 21.5 Å². The van der Waals surface area contributed by atoms with E-state index in [0.717, 1.165) is 11.3 Å². The first-order valence-corrected chi connectivity index (χ1v) is 8.90. The van der Waals surface area contributed by atoms with Crippen molar-refractivity contribution >= 4 is 34.1 Å². The monoisotopic (exact) mass is 336 g/mol. The lowest BCUT2D eigenvalue weighted by Gasteiger charge is -2.24. The first-order valence-electron chi connectivity index (χ1n) is 7.03. The van der Waals surface area contributed by atoms with Gasteiger partial charge in [-0.15, -0.1) is 11.3 Å². The zero-order valence-electron chi connectivity index (χ0n) is 12.3. The van der Waals surface area contributed by atoms with Gasteiger partial charge in [-0.25, -0.2) is 9.97 Å². The molecule has 0 saturated carbocycles. The fourth-order valence-corrected chi connectivity index (χ4v) is 4.11. The number of fused-ring (bicyclic) bond motifs is 1.